The summed E-state index contributed by atoms with van der Waals surface area (Å²) in [5.41, 5.74) is 0.824. The molecule has 0 radical (unpaired) electrons. The molecule has 1 saturated heterocycles. The van der Waals surface area contributed by atoms with Crippen molar-refractivity contribution >= 4 is 0 Å². The van der Waals surface area contributed by atoms with Crippen LogP contribution in [-0.2, 0) is 0 Å². The zero-order valence-corrected chi connectivity index (χ0v) is 15.5. The molecule has 1 saturated carbocycles. The van der Waals surface area contributed by atoms with E-state index in [2.05, 4.69) is 58.7 Å². The fourth-order valence-corrected chi connectivity index (χ4v) is 4.44. The van der Waals surface area contributed by atoms with Crippen LogP contribution in [0.3, 0.4) is 0 Å². The minimum atomic E-state index is 0.346. The Bertz CT molecular complexity index is 340. The summed E-state index contributed by atoms with van der Waals surface area (Å²) in [6.07, 6.45) is 5.63. The average molecular weight is 295 g/mol. The molecule has 0 bridgehead atoms. The van der Waals surface area contributed by atoms with E-state index in [1.165, 1.54) is 32.2 Å². The molecule has 0 amide bonds. The van der Waals surface area contributed by atoms with Gasteiger partial charge in [0.05, 0.1) is 0 Å². The number of hydrogen-bond acceptors (Lipinski definition) is 2. The maximum absolute atomic E-state index is 3.85. The molecule has 0 aromatic carbocycles. The molecule has 124 valence electrons. The molecule has 3 atom stereocenters. The monoisotopic (exact) mass is 294 g/mol. The summed E-state index contributed by atoms with van der Waals surface area (Å²) in [6, 6.07) is 2.09. The topological polar surface area (TPSA) is 15.3 Å². The molecule has 2 fully saturated rings. The van der Waals surface area contributed by atoms with Gasteiger partial charge in [-0.2, -0.15) is 0 Å². The van der Waals surface area contributed by atoms with Gasteiger partial charge in [-0.3, -0.25) is 4.90 Å². The summed E-state index contributed by atoms with van der Waals surface area (Å²) >= 11 is 0. The van der Waals surface area contributed by atoms with Crippen LogP contribution in [0.15, 0.2) is 0 Å². The third kappa shape index (κ3) is 3.82. The highest BCUT2D eigenvalue weighted by Gasteiger charge is 2.43. The Kier molecular flexibility index (Phi) is 5.10. The van der Waals surface area contributed by atoms with Crippen molar-refractivity contribution in [2.24, 2.45) is 16.7 Å². The molecular formula is C19H38N2. The van der Waals surface area contributed by atoms with Crippen molar-refractivity contribution in [1.29, 1.82) is 0 Å². The van der Waals surface area contributed by atoms with E-state index < -0.39 is 0 Å². The van der Waals surface area contributed by atoms with Crippen LogP contribution in [0.25, 0.3) is 0 Å². The first-order valence-electron chi connectivity index (χ1n) is 9.12. The van der Waals surface area contributed by atoms with Gasteiger partial charge in [0.25, 0.3) is 0 Å². The first-order chi connectivity index (χ1) is 9.63. The van der Waals surface area contributed by atoms with E-state index in [-0.39, 0.29) is 0 Å². The summed E-state index contributed by atoms with van der Waals surface area (Å²) in [7, 11) is 0. The first kappa shape index (κ1) is 17.3. The summed E-state index contributed by atoms with van der Waals surface area (Å²) < 4.78 is 0. The van der Waals surface area contributed by atoms with Crippen LogP contribution in [0.2, 0.25) is 0 Å². The predicted octanol–water partition coefficient (Wildman–Crippen LogP) is 4.30. The Balaban J connectivity index is 2.21. The van der Waals surface area contributed by atoms with Crippen molar-refractivity contribution in [3.05, 3.63) is 0 Å². The van der Waals surface area contributed by atoms with Gasteiger partial charge in [0.1, 0.15) is 0 Å². The molecule has 1 heterocycles. The Hall–Kier alpha value is -0.0800. The van der Waals surface area contributed by atoms with Gasteiger partial charge in [0.2, 0.25) is 0 Å². The molecule has 0 aromatic heterocycles. The maximum Gasteiger partial charge on any atom is 0.0247 e. The fourth-order valence-electron chi connectivity index (χ4n) is 4.44. The number of rotatable bonds is 2. The summed E-state index contributed by atoms with van der Waals surface area (Å²) in [5, 5.41) is 3.85. The van der Waals surface area contributed by atoms with Crippen molar-refractivity contribution in [3.63, 3.8) is 0 Å². The second-order valence-corrected chi connectivity index (χ2v) is 9.59. The highest BCUT2D eigenvalue weighted by atomic mass is 15.3. The third-order valence-corrected chi connectivity index (χ3v) is 6.06. The summed E-state index contributed by atoms with van der Waals surface area (Å²) in [4.78, 5) is 2.90. The second kappa shape index (κ2) is 6.20. The Labute approximate surface area is 133 Å². The molecule has 0 spiro atoms. The molecule has 2 aliphatic rings. The Morgan fingerprint density at radius 3 is 2.33 bits per heavy atom. The van der Waals surface area contributed by atoms with Crippen LogP contribution in [0.1, 0.15) is 74.1 Å². The van der Waals surface area contributed by atoms with Crippen molar-refractivity contribution in [2.75, 3.05) is 13.1 Å². The average Bonchev–Trinajstić information content (AvgIpc) is 2.36. The van der Waals surface area contributed by atoms with Gasteiger partial charge in [0, 0.05) is 31.2 Å². The molecule has 1 aliphatic carbocycles. The van der Waals surface area contributed by atoms with Gasteiger partial charge in [-0.05, 0) is 29.6 Å². The highest BCUT2D eigenvalue weighted by molar-refractivity contribution is 4.99. The lowest BCUT2D eigenvalue weighted by Crippen LogP contribution is -2.66. The molecule has 2 heteroatoms. The van der Waals surface area contributed by atoms with E-state index in [1.807, 2.05) is 0 Å². The standard InChI is InChI=1S/C19H38N2/c1-14(2)15-12-20-16(18(3,4)5)13-21(15)17-10-8-9-11-19(17,6)7/h14-17,20H,8-13H2,1-7H3. The predicted molar refractivity (Wildman–Crippen MR) is 92.6 cm³/mol. The number of piperazine rings is 1. The van der Waals surface area contributed by atoms with Crippen LogP contribution in [-0.4, -0.2) is 36.1 Å². The normalized spacial score (nSPS) is 35.1. The lowest BCUT2D eigenvalue weighted by molar-refractivity contribution is -0.0327. The van der Waals surface area contributed by atoms with E-state index >= 15 is 0 Å². The van der Waals surface area contributed by atoms with Crippen molar-refractivity contribution in [1.82, 2.24) is 10.2 Å². The van der Waals surface area contributed by atoms with E-state index in [4.69, 9.17) is 0 Å². The van der Waals surface area contributed by atoms with Crippen molar-refractivity contribution in [2.45, 2.75) is 92.3 Å². The molecule has 0 aromatic rings. The second-order valence-electron chi connectivity index (χ2n) is 9.59. The zero-order valence-electron chi connectivity index (χ0n) is 15.5. The number of nitrogens with zero attached hydrogens (tertiary/aromatic N) is 1. The van der Waals surface area contributed by atoms with Crippen LogP contribution in [0, 0.1) is 16.7 Å². The first-order valence-corrected chi connectivity index (χ1v) is 9.12. The lowest BCUT2D eigenvalue weighted by atomic mass is 9.71. The SMILES string of the molecule is CC(C)C1CNC(C(C)(C)C)CN1C1CCCCC1(C)C. The van der Waals surface area contributed by atoms with E-state index in [9.17, 15) is 0 Å². The smallest absolute Gasteiger partial charge is 0.0247 e. The number of nitrogens with one attached hydrogen (secondary N) is 1. The summed E-state index contributed by atoms with van der Waals surface area (Å²) in [5.74, 6) is 0.733. The largest absolute Gasteiger partial charge is 0.311 e. The fraction of sp³-hybridized carbons (Fsp3) is 1.00. The quantitative estimate of drug-likeness (QED) is 0.817. The van der Waals surface area contributed by atoms with E-state index in [1.54, 1.807) is 0 Å². The minimum Gasteiger partial charge on any atom is -0.311 e. The molecular weight excluding hydrogens is 256 g/mol. The van der Waals surface area contributed by atoms with Gasteiger partial charge in [0.15, 0.2) is 0 Å². The summed E-state index contributed by atoms with van der Waals surface area (Å²) in [6.45, 7) is 19.3. The van der Waals surface area contributed by atoms with Crippen LogP contribution in [0.5, 0.6) is 0 Å². The zero-order chi connectivity index (χ0) is 15.8. The molecule has 21 heavy (non-hydrogen) atoms. The molecule has 1 aliphatic heterocycles. The van der Waals surface area contributed by atoms with E-state index in [0.717, 1.165) is 18.5 Å². The number of hydrogen-bond donors (Lipinski definition) is 1. The van der Waals surface area contributed by atoms with Crippen LogP contribution < -0.4 is 5.32 Å². The maximum atomic E-state index is 3.85. The lowest BCUT2D eigenvalue weighted by Gasteiger charge is -2.54. The molecule has 3 unspecified atom stereocenters. The highest BCUT2D eigenvalue weighted by Crippen LogP contribution is 2.41. The van der Waals surface area contributed by atoms with Gasteiger partial charge in [-0.25, -0.2) is 0 Å². The van der Waals surface area contributed by atoms with Crippen molar-refractivity contribution < 1.29 is 0 Å². The van der Waals surface area contributed by atoms with Gasteiger partial charge in [-0.15, -0.1) is 0 Å². The molecule has 1 N–H and O–H groups in total. The molecule has 2 nitrogen and oxygen atoms in total. The van der Waals surface area contributed by atoms with Gasteiger partial charge >= 0.3 is 0 Å². The Morgan fingerprint density at radius 2 is 1.81 bits per heavy atom. The van der Waals surface area contributed by atoms with Gasteiger partial charge < -0.3 is 5.32 Å². The molecule has 2 rings (SSSR count). The van der Waals surface area contributed by atoms with Gasteiger partial charge in [-0.1, -0.05) is 61.3 Å². The third-order valence-electron chi connectivity index (χ3n) is 6.06. The Morgan fingerprint density at radius 1 is 1.14 bits per heavy atom. The van der Waals surface area contributed by atoms with E-state index in [0.29, 0.717) is 22.9 Å². The minimum absolute atomic E-state index is 0.346. The van der Waals surface area contributed by atoms with Crippen LogP contribution >= 0.6 is 0 Å². The van der Waals surface area contributed by atoms with Crippen LogP contribution in [0.4, 0.5) is 0 Å². The van der Waals surface area contributed by atoms with Crippen molar-refractivity contribution in [3.8, 4) is 0 Å².